The lowest BCUT2D eigenvalue weighted by Gasteiger charge is -2.35. The quantitative estimate of drug-likeness (QED) is 0.875. The first-order chi connectivity index (χ1) is 10.8. The van der Waals surface area contributed by atoms with Crippen LogP contribution in [0, 0.1) is 6.92 Å². The van der Waals surface area contributed by atoms with Crippen molar-refractivity contribution in [3.63, 3.8) is 0 Å². The van der Waals surface area contributed by atoms with Crippen molar-refractivity contribution < 1.29 is 0 Å². The minimum absolute atomic E-state index is 0.316. The van der Waals surface area contributed by atoms with E-state index in [9.17, 15) is 0 Å². The first-order valence-electron chi connectivity index (χ1n) is 8.31. The highest BCUT2D eigenvalue weighted by Gasteiger charge is 2.30. The number of hydrogen-bond acceptors (Lipinski definition) is 3. The van der Waals surface area contributed by atoms with Gasteiger partial charge in [0.05, 0.1) is 11.7 Å². The summed E-state index contributed by atoms with van der Waals surface area (Å²) >= 11 is 0. The first-order valence-corrected chi connectivity index (χ1v) is 8.31. The van der Waals surface area contributed by atoms with Gasteiger partial charge in [-0.15, -0.1) is 0 Å². The second-order valence-electron chi connectivity index (χ2n) is 6.44. The van der Waals surface area contributed by atoms with Crippen LogP contribution < -0.4 is 5.32 Å². The van der Waals surface area contributed by atoms with Crippen molar-refractivity contribution in [2.75, 3.05) is 26.2 Å². The van der Waals surface area contributed by atoms with Crippen LogP contribution in [-0.4, -0.2) is 36.1 Å². The van der Waals surface area contributed by atoms with Crippen LogP contribution in [0.15, 0.2) is 36.5 Å². The van der Waals surface area contributed by atoms with E-state index in [0.717, 1.165) is 39.0 Å². The van der Waals surface area contributed by atoms with Crippen molar-refractivity contribution in [2.45, 2.75) is 25.8 Å². The molecule has 1 aromatic heterocycles. The summed E-state index contributed by atoms with van der Waals surface area (Å²) in [7, 11) is 0. The van der Waals surface area contributed by atoms with Gasteiger partial charge in [0.25, 0.3) is 0 Å². The molecule has 4 rings (SSSR count). The Bertz CT molecular complexity index is 674. The second-order valence-corrected chi connectivity index (χ2v) is 6.44. The van der Waals surface area contributed by atoms with Crippen LogP contribution in [0.3, 0.4) is 0 Å². The van der Waals surface area contributed by atoms with Crippen LogP contribution in [0.5, 0.6) is 0 Å². The van der Waals surface area contributed by atoms with Crippen molar-refractivity contribution in [3.8, 4) is 0 Å². The van der Waals surface area contributed by atoms with Crippen LogP contribution in [0.4, 0.5) is 0 Å². The third-order valence-corrected chi connectivity index (χ3v) is 4.93. The lowest BCUT2D eigenvalue weighted by atomic mass is 9.96. The van der Waals surface area contributed by atoms with Gasteiger partial charge >= 0.3 is 0 Å². The Hall–Kier alpha value is -1.71. The number of nitrogens with one attached hydrogen (secondary N) is 1. The van der Waals surface area contributed by atoms with Crippen LogP contribution in [-0.2, 0) is 12.8 Å². The second kappa shape index (κ2) is 5.82. The molecule has 22 heavy (non-hydrogen) atoms. The summed E-state index contributed by atoms with van der Waals surface area (Å²) < 4.78 is 0. The molecule has 1 aliphatic heterocycles. The molecule has 1 fully saturated rings. The molecule has 114 valence electrons. The summed E-state index contributed by atoms with van der Waals surface area (Å²) in [5.41, 5.74) is 6.92. The zero-order chi connectivity index (χ0) is 14.9. The van der Waals surface area contributed by atoms with Crippen LogP contribution in [0.2, 0.25) is 0 Å². The number of fused-ring (bicyclic) bond motifs is 2. The largest absolute Gasteiger partial charge is 0.314 e. The van der Waals surface area contributed by atoms with Crippen LogP contribution in [0.25, 0.3) is 0 Å². The van der Waals surface area contributed by atoms with Gasteiger partial charge in [0.15, 0.2) is 0 Å². The molecule has 2 aliphatic rings. The molecule has 2 heterocycles. The van der Waals surface area contributed by atoms with E-state index in [4.69, 9.17) is 4.98 Å². The lowest BCUT2D eigenvalue weighted by Crippen LogP contribution is -2.45. The highest BCUT2D eigenvalue weighted by atomic mass is 15.2. The number of benzene rings is 1. The van der Waals surface area contributed by atoms with E-state index in [1.165, 1.54) is 27.9 Å². The van der Waals surface area contributed by atoms with Crippen LogP contribution in [0.1, 0.15) is 34.0 Å². The van der Waals surface area contributed by atoms with Gasteiger partial charge < -0.3 is 5.32 Å². The van der Waals surface area contributed by atoms with E-state index in [2.05, 4.69) is 47.5 Å². The van der Waals surface area contributed by atoms with Gasteiger partial charge in [-0.25, -0.2) is 0 Å². The SMILES string of the molecule is Cc1cnc2c(c1)CCc1ccccc1C2N1CCNCC1. The van der Waals surface area contributed by atoms with Crippen molar-refractivity contribution in [2.24, 2.45) is 0 Å². The fourth-order valence-electron chi connectivity index (χ4n) is 3.84. The average molecular weight is 293 g/mol. The Morgan fingerprint density at radius 1 is 1.09 bits per heavy atom. The summed E-state index contributed by atoms with van der Waals surface area (Å²) in [5, 5.41) is 3.46. The number of nitrogens with zero attached hydrogens (tertiary/aromatic N) is 2. The predicted molar refractivity (Wildman–Crippen MR) is 89.1 cm³/mol. The number of pyridine rings is 1. The Morgan fingerprint density at radius 3 is 2.73 bits per heavy atom. The maximum absolute atomic E-state index is 4.87. The Balaban J connectivity index is 1.86. The molecule has 1 atom stereocenters. The summed E-state index contributed by atoms with van der Waals surface area (Å²) in [6, 6.07) is 11.6. The standard InChI is InChI=1S/C19H23N3/c1-14-12-16-7-6-15-4-2-3-5-17(15)19(18(16)21-13-14)22-10-8-20-9-11-22/h2-5,12-13,19-20H,6-11H2,1H3. The van der Waals surface area contributed by atoms with E-state index >= 15 is 0 Å². The molecule has 1 saturated heterocycles. The molecule has 0 radical (unpaired) electrons. The van der Waals surface area contributed by atoms with Gasteiger partial charge in [-0.1, -0.05) is 30.3 Å². The van der Waals surface area contributed by atoms with Gasteiger partial charge in [-0.05, 0) is 42.0 Å². The molecule has 0 bridgehead atoms. The fourth-order valence-corrected chi connectivity index (χ4v) is 3.84. The molecular formula is C19H23N3. The molecule has 2 aromatic rings. The molecule has 3 nitrogen and oxygen atoms in total. The number of hydrogen-bond donors (Lipinski definition) is 1. The molecule has 1 aromatic carbocycles. The Morgan fingerprint density at radius 2 is 1.86 bits per heavy atom. The number of rotatable bonds is 1. The van der Waals surface area contributed by atoms with Gasteiger partial charge in [-0.2, -0.15) is 0 Å². The van der Waals surface area contributed by atoms with E-state index < -0.39 is 0 Å². The van der Waals surface area contributed by atoms with Gasteiger partial charge in [0.2, 0.25) is 0 Å². The maximum Gasteiger partial charge on any atom is 0.0782 e. The van der Waals surface area contributed by atoms with Crippen molar-refractivity contribution in [1.29, 1.82) is 0 Å². The normalized spacial score (nSPS) is 21.8. The van der Waals surface area contributed by atoms with Crippen molar-refractivity contribution in [3.05, 3.63) is 64.5 Å². The molecule has 1 unspecified atom stereocenters. The summed E-state index contributed by atoms with van der Waals surface area (Å²) in [4.78, 5) is 7.47. The summed E-state index contributed by atoms with van der Waals surface area (Å²) in [6.07, 6.45) is 4.25. The Labute approximate surface area is 132 Å². The molecular weight excluding hydrogens is 270 g/mol. The fraction of sp³-hybridized carbons (Fsp3) is 0.421. The number of piperazine rings is 1. The third-order valence-electron chi connectivity index (χ3n) is 4.93. The smallest absolute Gasteiger partial charge is 0.0782 e. The highest BCUT2D eigenvalue weighted by molar-refractivity contribution is 5.42. The zero-order valence-corrected chi connectivity index (χ0v) is 13.2. The molecule has 0 saturated carbocycles. The van der Waals surface area contributed by atoms with Gasteiger partial charge in [-0.3, -0.25) is 9.88 Å². The van der Waals surface area contributed by atoms with Crippen LogP contribution >= 0.6 is 0 Å². The lowest BCUT2D eigenvalue weighted by molar-refractivity contribution is 0.195. The molecule has 0 amide bonds. The van der Waals surface area contributed by atoms with Gasteiger partial charge in [0.1, 0.15) is 0 Å². The van der Waals surface area contributed by atoms with E-state index in [1.807, 2.05) is 6.20 Å². The number of aromatic nitrogens is 1. The summed E-state index contributed by atoms with van der Waals surface area (Å²) in [5.74, 6) is 0. The van der Waals surface area contributed by atoms with Crippen molar-refractivity contribution in [1.82, 2.24) is 15.2 Å². The maximum atomic E-state index is 4.87. The third kappa shape index (κ3) is 2.44. The minimum atomic E-state index is 0.316. The Kier molecular flexibility index (Phi) is 3.68. The first kappa shape index (κ1) is 13.9. The molecule has 1 N–H and O–H groups in total. The predicted octanol–water partition coefficient (Wildman–Crippen LogP) is 2.48. The zero-order valence-electron chi connectivity index (χ0n) is 13.2. The van der Waals surface area contributed by atoms with Gasteiger partial charge in [0, 0.05) is 32.4 Å². The minimum Gasteiger partial charge on any atom is -0.314 e. The van der Waals surface area contributed by atoms with E-state index in [1.54, 1.807) is 0 Å². The highest BCUT2D eigenvalue weighted by Crippen LogP contribution is 2.35. The van der Waals surface area contributed by atoms with E-state index in [-0.39, 0.29) is 0 Å². The number of aryl methyl sites for hydroxylation is 3. The molecule has 3 heteroatoms. The average Bonchev–Trinajstić information content (AvgIpc) is 2.72. The van der Waals surface area contributed by atoms with E-state index in [0.29, 0.717) is 6.04 Å². The molecule has 0 spiro atoms. The monoisotopic (exact) mass is 293 g/mol. The summed E-state index contributed by atoms with van der Waals surface area (Å²) in [6.45, 7) is 6.47. The van der Waals surface area contributed by atoms with Crippen molar-refractivity contribution >= 4 is 0 Å². The molecule has 1 aliphatic carbocycles. The topological polar surface area (TPSA) is 28.2 Å².